The van der Waals surface area contributed by atoms with E-state index in [0.717, 1.165) is 35.3 Å². The summed E-state index contributed by atoms with van der Waals surface area (Å²) in [6.07, 6.45) is 3.57. The molecule has 3 aromatic rings. The Labute approximate surface area is 138 Å². The zero-order valence-electron chi connectivity index (χ0n) is 13.4. The molecule has 6 heteroatoms. The van der Waals surface area contributed by atoms with Crippen molar-refractivity contribution < 1.29 is 4.79 Å². The number of nitrogens with zero attached hydrogens (tertiary/aromatic N) is 4. The van der Waals surface area contributed by atoms with Crippen molar-refractivity contribution >= 4 is 28.3 Å². The van der Waals surface area contributed by atoms with Crippen molar-refractivity contribution in [2.24, 2.45) is 12.0 Å². The predicted octanol–water partition coefficient (Wildman–Crippen LogP) is 2.90. The number of hydrogen-bond acceptors (Lipinski definition) is 4. The maximum absolute atomic E-state index is 12.4. The normalized spacial score (nSPS) is 12.0. The third-order valence-electron chi connectivity index (χ3n) is 3.69. The Bertz CT molecular complexity index is 939. The topological polar surface area (TPSA) is 60.1 Å². The fourth-order valence-electron chi connectivity index (χ4n) is 2.41. The highest BCUT2D eigenvalue weighted by molar-refractivity contribution is 7.07. The molecule has 0 radical (unpaired) electrons. The van der Waals surface area contributed by atoms with E-state index < -0.39 is 0 Å². The van der Waals surface area contributed by atoms with Gasteiger partial charge in [0, 0.05) is 24.2 Å². The third-order valence-corrected chi connectivity index (χ3v) is 4.54. The molecule has 0 saturated carbocycles. The van der Waals surface area contributed by atoms with Crippen molar-refractivity contribution in [3.63, 3.8) is 0 Å². The van der Waals surface area contributed by atoms with E-state index in [2.05, 4.69) is 28.8 Å². The molecule has 0 atom stereocenters. The molecular formula is C17H18N4OS. The van der Waals surface area contributed by atoms with Gasteiger partial charge in [-0.3, -0.25) is 4.79 Å². The SMILES string of the molecule is CCc1nc2ccc(C(=O)N=c3sccn3C)cc2nc1CC. The first-order chi connectivity index (χ1) is 11.1. The van der Waals surface area contributed by atoms with Crippen LogP contribution in [0.15, 0.2) is 34.8 Å². The number of amides is 1. The summed E-state index contributed by atoms with van der Waals surface area (Å²) in [7, 11) is 1.87. The molecule has 118 valence electrons. The van der Waals surface area contributed by atoms with Gasteiger partial charge in [0.05, 0.1) is 22.4 Å². The van der Waals surface area contributed by atoms with Crippen LogP contribution in [0.25, 0.3) is 11.0 Å². The predicted molar refractivity (Wildman–Crippen MR) is 91.5 cm³/mol. The number of benzene rings is 1. The van der Waals surface area contributed by atoms with E-state index in [1.807, 2.05) is 29.3 Å². The molecule has 23 heavy (non-hydrogen) atoms. The second kappa shape index (κ2) is 6.42. The lowest BCUT2D eigenvalue weighted by atomic mass is 10.1. The standard InChI is InChI=1S/C17H18N4OS/c1-4-12-13(5-2)19-15-10-11(6-7-14(15)18-12)16(22)20-17-21(3)8-9-23-17/h6-10H,4-5H2,1-3H3. The monoisotopic (exact) mass is 326 g/mol. The zero-order valence-corrected chi connectivity index (χ0v) is 14.2. The van der Waals surface area contributed by atoms with Gasteiger partial charge in [0.1, 0.15) is 0 Å². The molecule has 0 aliphatic rings. The van der Waals surface area contributed by atoms with Gasteiger partial charge in [0.15, 0.2) is 4.80 Å². The van der Waals surface area contributed by atoms with Gasteiger partial charge in [0.2, 0.25) is 0 Å². The smallest absolute Gasteiger partial charge is 0.279 e. The highest BCUT2D eigenvalue weighted by Gasteiger charge is 2.10. The number of aromatic nitrogens is 3. The van der Waals surface area contributed by atoms with E-state index in [1.54, 1.807) is 12.1 Å². The van der Waals surface area contributed by atoms with Crippen molar-refractivity contribution in [2.45, 2.75) is 26.7 Å². The summed E-state index contributed by atoms with van der Waals surface area (Å²) in [5.41, 5.74) is 4.11. The van der Waals surface area contributed by atoms with E-state index in [-0.39, 0.29) is 5.91 Å². The highest BCUT2D eigenvalue weighted by Crippen LogP contribution is 2.16. The number of fused-ring (bicyclic) bond motifs is 1. The van der Waals surface area contributed by atoms with Gasteiger partial charge in [-0.15, -0.1) is 11.3 Å². The quantitative estimate of drug-likeness (QED) is 0.743. The Morgan fingerprint density at radius 2 is 1.87 bits per heavy atom. The van der Waals surface area contributed by atoms with E-state index >= 15 is 0 Å². The van der Waals surface area contributed by atoms with Gasteiger partial charge >= 0.3 is 0 Å². The van der Waals surface area contributed by atoms with E-state index in [1.165, 1.54) is 11.3 Å². The van der Waals surface area contributed by atoms with Crippen LogP contribution in [0.3, 0.4) is 0 Å². The lowest BCUT2D eigenvalue weighted by molar-refractivity contribution is 0.0998. The largest absolute Gasteiger partial charge is 0.327 e. The molecule has 0 aliphatic heterocycles. The van der Waals surface area contributed by atoms with Crippen molar-refractivity contribution in [3.05, 3.63) is 51.5 Å². The first-order valence-electron chi connectivity index (χ1n) is 7.61. The van der Waals surface area contributed by atoms with Gasteiger partial charge < -0.3 is 4.57 Å². The van der Waals surface area contributed by atoms with E-state index in [0.29, 0.717) is 10.4 Å². The van der Waals surface area contributed by atoms with Gasteiger partial charge in [-0.2, -0.15) is 4.99 Å². The van der Waals surface area contributed by atoms with Crippen LogP contribution in [-0.4, -0.2) is 20.4 Å². The van der Waals surface area contributed by atoms with Crippen LogP contribution in [-0.2, 0) is 19.9 Å². The number of carbonyl (C=O) groups is 1. The minimum atomic E-state index is -0.260. The summed E-state index contributed by atoms with van der Waals surface area (Å²) in [4.78, 5) is 26.5. The number of rotatable bonds is 3. The molecule has 0 saturated heterocycles. The van der Waals surface area contributed by atoms with Crippen LogP contribution in [0.2, 0.25) is 0 Å². The molecule has 0 unspecified atom stereocenters. The van der Waals surface area contributed by atoms with E-state index in [9.17, 15) is 4.79 Å². The van der Waals surface area contributed by atoms with E-state index in [4.69, 9.17) is 0 Å². The minimum Gasteiger partial charge on any atom is -0.327 e. The molecule has 0 aliphatic carbocycles. The van der Waals surface area contributed by atoms with Gasteiger partial charge in [-0.25, -0.2) is 9.97 Å². The van der Waals surface area contributed by atoms with Gasteiger partial charge in [-0.1, -0.05) is 13.8 Å². The maximum atomic E-state index is 12.4. The average molecular weight is 326 g/mol. The maximum Gasteiger partial charge on any atom is 0.279 e. The molecule has 1 amide bonds. The summed E-state index contributed by atoms with van der Waals surface area (Å²) in [5.74, 6) is -0.260. The Morgan fingerprint density at radius 3 is 2.48 bits per heavy atom. The molecule has 5 nitrogen and oxygen atoms in total. The first kappa shape index (κ1) is 15.6. The molecule has 2 heterocycles. The number of carbonyl (C=O) groups excluding carboxylic acids is 1. The third kappa shape index (κ3) is 3.07. The molecular weight excluding hydrogens is 308 g/mol. The average Bonchev–Trinajstić information content (AvgIpc) is 2.97. The first-order valence-corrected chi connectivity index (χ1v) is 8.49. The Balaban J connectivity index is 2.06. The van der Waals surface area contributed by atoms with Crippen molar-refractivity contribution in [1.82, 2.24) is 14.5 Å². The summed E-state index contributed by atoms with van der Waals surface area (Å²) < 4.78 is 1.83. The molecule has 0 spiro atoms. The zero-order chi connectivity index (χ0) is 16.4. The van der Waals surface area contributed by atoms with Crippen molar-refractivity contribution in [1.29, 1.82) is 0 Å². The summed E-state index contributed by atoms with van der Waals surface area (Å²) in [6, 6.07) is 5.39. The number of hydrogen-bond donors (Lipinski definition) is 0. The van der Waals surface area contributed by atoms with Crippen LogP contribution < -0.4 is 4.80 Å². The van der Waals surface area contributed by atoms with Crippen LogP contribution in [0.4, 0.5) is 0 Å². The van der Waals surface area contributed by atoms with Crippen LogP contribution in [0.5, 0.6) is 0 Å². The molecule has 2 aromatic heterocycles. The van der Waals surface area contributed by atoms with Crippen LogP contribution >= 0.6 is 11.3 Å². The molecule has 3 rings (SSSR count). The summed E-state index contributed by atoms with van der Waals surface area (Å²) in [5, 5.41) is 1.90. The van der Waals surface area contributed by atoms with Gasteiger partial charge in [0.25, 0.3) is 5.91 Å². The Kier molecular flexibility index (Phi) is 4.34. The second-order valence-corrected chi connectivity index (χ2v) is 6.11. The van der Waals surface area contributed by atoms with Gasteiger partial charge in [-0.05, 0) is 31.0 Å². The summed E-state index contributed by atoms with van der Waals surface area (Å²) in [6.45, 7) is 4.14. The van der Waals surface area contributed by atoms with Crippen molar-refractivity contribution in [2.75, 3.05) is 0 Å². The minimum absolute atomic E-state index is 0.260. The molecule has 1 aromatic carbocycles. The highest BCUT2D eigenvalue weighted by atomic mass is 32.1. The van der Waals surface area contributed by atoms with Crippen LogP contribution in [0.1, 0.15) is 35.6 Å². The Hall–Kier alpha value is -2.34. The fraction of sp³-hybridized carbons (Fsp3) is 0.294. The summed E-state index contributed by atoms with van der Waals surface area (Å²) >= 11 is 1.43. The van der Waals surface area contributed by atoms with Crippen molar-refractivity contribution in [3.8, 4) is 0 Å². The fourth-order valence-corrected chi connectivity index (χ4v) is 3.14. The Morgan fingerprint density at radius 1 is 1.17 bits per heavy atom. The number of thiazole rings is 1. The lowest BCUT2D eigenvalue weighted by Gasteiger charge is -2.07. The lowest BCUT2D eigenvalue weighted by Crippen LogP contribution is -2.12. The second-order valence-electron chi connectivity index (χ2n) is 5.24. The van der Waals surface area contributed by atoms with Crippen LogP contribution in [0, 0.1) is 0 Å². The molecule has 0 bridgehead atoms. The number of aryl methyl sites for hydroxylation is 3. The molecule has 0 fully saturated rings. The molecule has 0 N–H and O–H groups in total.